The summed E-state index contributed by atoms with van der Waals surface area (Å²) in [4.78, 5) is 2.59. The van der Waals surface area contributed by atoms with E-state index in [1.807, 2.05) is 0 Å². The average molecular weight is 169 g/mol. The fourth-order valence-electron chi connectivity index (χ4n) is 2.60. The van der Waals surface area contributed by atoms with E-state index < -0.39 is 0 Å². The van der Waals surface area contributed by atoms with Crippen LogP contribution < -0.4 is 0 Å². The van der Waals surface area contributed by atoms with Gasteiger partial charge in [0.1, 0.15) is 0 Å². The average Bonchev–Trinajstić information content (AvgIpc) is 2.28. The lowest BCUT2D eigenvalue weighted by molar-refractivity contribution is 0.0550. The molecule has 2 fully saturated rings. The number of nitrogens with zero attached hydrogens (tertiary/aromatic N) is 1. The molecule has 0 N–H and O–H groups in total. The fourth-order valence-corrected chi connectivity index (χ4v) is 2.60. The first kappa shape index (κ1) is 8.52. The number of likely N-dealkylation sites (tertiary alicyclic amines) is 1. The number of ether oxygens (including phenoxy) is 1. The number of rotatable bonds is 1. The fraction of sp³-hybridized carbons (Fsp3) is 1.00. The third-order valence-electron chi connectivity index (χ3n) is 3.25. The number of hydrogen-bond donors (Lipinski definition) is 0. The van der Waals surface area contributed by atoms with Crippen LogP contribution in [0.4, 0.5) is 0 Å². The van der Waals surface area contributed by atoms with Crippen molar-refractivity contribution in [2.24, 2.45) is 0 Å². The van der Waals surface area contributed by atoms with Gasteiger partial charge in [-0.15, -0.1) is 0 Å². The van der Waals surface area contributed by atoms with Crippen molar-refractivity contribution >= 4 is 0 Å². The van der Waals surface area contributed by atoms with Gasteiger partial charge >= 0.3 is 0 Å². The summed E-state index contributed by atoms with van der Waals surface area (Å²) in [7, 11) is 0. The molecule has 2 aliphatic rings. The molecule has 0 saturated carbocycles. The Labute approximate surface area is 74.9 Å². The maximum atomic E-state index is 5.82. The predicted molar refractivity (Wildman–Crippen MR) is 49.2 cm³/mol. The predicted octanol–water partition coefficient (Wildman–Crippen LogP) is 1.65. The maximum Gasteiger partial charge on any atom is 0.0707 e. The number of hydrogen-bond acceptors (Lipinski definition) is 2. The van der Waals surface area contributed by atoms with Crippen LogP contribution in [0.5, 0.6) is 0 Å². The Morgan fingerprint density at radius 2 is 2.17 bits per heavy atom. The molecule has 0 amide bonds. The molecule has 2 nitrogen and oxygen atoms in total. The molecule has 0 aromatic rings. The monoisotopic (exact) mass is 169 g/mol. The van der Waals surface area contributed by atoms with Crippen LogP contribution in [0.3, 0.4) is 0 Å². The first-order valence-electron chi connectivity index (χ1n) is 5.09. The molecular formula is C10H19NO. The highest BCUT2D eigenvalue weighted by Gasteiger charge is 2.40. The van der Waals surface area contributed by atoms with Crippen LogP contribution in [0.2, 0.25) is 0 Å². The van der Waals surface area contributed by atoms with Crippen LogP contribution in [0.15, 0.2) is 0 Å². The van der Waals surface area contributed by atoms with Gasteiger partial charge in [-0.2, -0.15) is 0 Å². The minimum absolute atomic E-state index is 0.458. The second kappa shape index (κ2) is 3.00. The van der Waals surface area contributed by atoms with Crippen LogP contribution in [0, 0.1) is 0 Å². The van der Waals surface area contributed by atoms with Gasteiger partial charge in [0, 0.05) is 18.6 Å². The van der Waals surface area contributed by atoms with Crippen LogP contribution >= 0.6 is 0 Å². The molecule has 2 rings (SSSR count). The smallest absolute Gasteiger partial charge is 0.0707 e. The van der Waals surface area contributed by atoms with Crippen molar-refractivity contribution in [1.29, 1.82) is 0 Å². The molecule has 12 heavy (non-hydrogen) atoms. The third kappa shape index (κ3) is 1.27. The van der Waals surface area contributed by atoms with Crippen LogP contribution in [0.1, 0.15) is 33.6 Å². The lowest BCUT2D eigenvalue weighted by atomic mass is 9.98. The summed E-state index contributed by atoms with van der Waals surface area (Å²) < 4.78 is 5.82. The van der Waals surface area contributed by atoms with E-state index in [4.69, 9.17) is 4.74 Å². The first-order valence-corrected chi connectivity index (χ1v) is 5.09. The van der Waals surface area contributed by atoms with Crippen molar-refractivity contribution in [2.45, 2.75) is 57.9 Å². The van der Waals surface area contributed by atoms with E-state index >= 15 is 0 Å². The van der Waals surface area contributed by atoms with Gasteiger partial charge in [-0.25, -0.2) is 0 Å². The number of fused-ring (bicyclic) bond motifs is 2. The second-order valence-corrected chi connectivity index (χ2v) is 4.39. The topological polar surface area (TPSA) is 12.5 Å². The van der Waals surface area contributed by atoms with Gasteiger partial charge in [0.2, 0.25) is 0 Å². The SMILES string of the molecule is CC1OC2CCN(C(C)C)C1C2. The van der Waals surface area contributed by atoms with E-state index in [9.17, 15) is 0 Å². The summed E-state index contributed by atoms with van der Waals surface area (Å²) in [5.74, 6) is 0. The summed E-state index contributed by atoms with van der Waals surface area (Å²) in [5, 5.41) is 0. The maximum absolute atomic E-state index is 5.82. The summed E-state index contributed by atoms with van der Waals surface area (Å²) >= 11 is 0. The molecule has 0 radical (unpaired) electrons. The second-order valence-electron chi connectivity index (χ2n) is 4.39. The lowest BCUT2D eigenvalue weighted by Gasteiger charge is -2.36. The molecule has 2 heterocycles. The van der Waals surface area contributed by atoms with Gasteiger partial charge in [-0.05, 0) is 33.6 Å². The van der Waals surface area contributed by atoms with E-state index in [-0.39, 0.29) is 0 Å². The minimum atomic E-state index is 0.458. The molecule has 0 aromatic carbocycles. The van der Waals surface area contributed by atoms with Crippen LogP contribution in [-0.2, 0) is 4.74 Å². The Hall–Kier alpha value is -0.0800. The minimum Gasteiger partial charge on any atom is -0.374 e. The lowest BCUT2D eigenvalue weighted by Crippen LogP contribution is -2.46. The van der Waals surface area contributed by atoms with E-state index in [1.165, 1.54) is 19.4 Å². The van der Waals surface area contributed by atoms with Crippen molar-refractivity contribution in [3.05, 3.63) is 0 Å². The Bertz CT molecular complexity index is 169. The Balaban J connectivity index is 2.08. The van der Waals surface area contributed by atoms with Crippen LogP contribution in [-0.4, -0.2) is 35.7 Å². The van der Waals surface area contributed by atoms with E-state index in [1.54, 1.807) is 0 Å². The molecule has 3 atom stereocenters. The van der Waals surface area contributed by atoms with Crippen molar-refractivity contribution < 1.29 is 4.74 Å². The highest BCUT2D eigenvalue weighted by atomic mass is 16.5. The zero-order chi connectivity index (χ0) is 8.72. The van der Waals surface area contributed by atoms with Gasteiger partial charge < -0.3 is 4.74 Å². The standard InChI is InChI=1S/C10H19NO/c1-7(2)11-5-4-9-6-10(11)8(3)12-9/h7-10H,4-6H2,1-3H3. The highest BCUT2D eigenvalue weighted by molar-refractivity contribution is 4.93. The quantitative estimate of drug-likeness (QED) is 0.592. The van der Waals surface area contributed by atoms with E-state index in [0.717, 1.165) is 0 Å². The summed E-state index contributed by atoms with van der Waals surface area (Å²) in [6.45, 7) is 8.01. The largest absolute Gasteiger partial charge is 0.374 e. The molecule has 70 valence electrons. The number of piperidine rings is 1. The van der Waals surface area contributed by atoms with Crippen molar-refractivity contribution in [2.75, 3.05) is 6.54 Å². The Kier molecular flexibility index (Phi) is 2.13. The molecule has 2 saturated heterocycles. The molecular weight excluding hydrogens is 150 g/mol. The molecule has 2 aliphatic heterocycles. The van der Waals surface area contributed by atoms with E-state index in [2.05, 4.69) is 25.7 Å². The van der Waals surface area contributed by atoms with E-state index in [0.29, 0.717) is 24.3 Å². The summed E-state index contributed by atoms with van der Waals surface area (Å²) in [6, 6.07) is 1.38. The van der Waals surface area contributed by atoms with Crippen molar-refractivity contribution in [3.8, 4) is 0 Å². The highest BCUT2D eigenvalue weighted by Crippen LogP contribution is 2.32. The molecule has 0 spiro atoms. The molecule has 0 aromatic heterocycles. The zero-order valence-corrected chi connectivity index (χ0v) is 8.29. The Morgan fingerprint density at radius 3 is 2.83 bits per heavy atom. The first-order chi connectivity index (χ1) is 5.68. The van der Waals surface area contributed by atoms with Gasteiger partial charge in [-0.1, -0.05) is 0 Å². The summed E-state index contributed by atoms with van der Waals surface area (Å²) in [6.07, 6.45) is 3.53. The molecule has 0 aliphatic carbocycles. The Morgan fingerprint density at radius 1 is 1.42 bits per heavy atom. The molecule has 2 bridgehead atoms. The van der Waals surface area contributed by atoms with Crippen molar-refractivity contribution in [3.63, 3.8) is 0 Å². The molecule has 3 unspecified atom stereocenters. The zero-order valence-electron chi connectivity index (χ0n) is 8.29. The molecule has 2 heteroatoms. The van der Waals surface area contributed by atoms with Gasteiger partial charge in [0.05, 0.1) is 12.2 Å². The van der Waals surface area contributed by atoms with Gasteiger partial charge in [0.25, 0.3) is 0 Å². The normalized spacial score (nSPS) is 42.5. The van der Waals surface area contributed by atoms with Crippen molar-refractivity contribution in [1.82, 2.24) is 4.90 Å². The van der Waals surface area contributed by atoms with Gasteiger partial charge in [-0.3, -0.25) is 4.90 Å². The summed E-state index contributed by atoms with van der Waals surface area (Å²) in [5.41, 5.74) is 0. The van der Waals surface area contributed by atoms with Gasteiger partial charge in [0.15, 0.2) is 0 Å². The van der Waals surface area contributed by atoms with Crippen LogP contribution in [0.25, 0.3) is 0 Å². The third-order valence-corrected chi connectivity index (χ3v) is 3.25.